The highest BCUT2D eigenvalue weighted by Gasteiger charge is 2.06. The summed E-state index contributed by atoms with van der Waals surface area (Å²) in [5, 5.41) is 5.02. The number of anilines is 1. The number of benzene rings is 2. The van der Waals surface area contributed by atoms with Gasteiger partial charge in [0.25, 0.3) is 0 Å². The molecule has 0 aliphatic carbocycles. The summed E-state index contributed by atoms with van der Waals surface area (Å²) in [5.74, 6) is -1.70. The Balaban J connectivity index is 1.81. The lowest BCUT2D eigenvalue weighted by Crippen LogP contribution is -2.02. The molecule has 1 heterocycles. The van der Waals surface area contributed by atoms with E-state index in [9.17, 15) is 8.78 Å². The first-order chi connectivity index (χ1) is 9.74. The molecule has 0 aliphatic heterocycles. The number of aromatic nitrogens is 1. The Bertz CT molecular complexity index is 756. The highest BCUT2D eigenvalue weighted by atomic mass is 19.2. The van der Waals surface area contributed by atoms with Gasteiger partial charge in [0.15, 0.2) is 11.6 Å². The molecule has 3 rings (SSSR count). The molecule has 0 amide bonds. The quantitative estimate of drug-likeness (QED) is 0.774. The number of nitrogens with one attached hydrogen (secondary N) is 1. The number of rotatable bonds is 3. The Kier molecular flexibility index (Phi) is 3.29. The van der Waals surface area contributed by atoms with Crippen molar-refractivity contribution in [2.75, 3.05) is 5.32 Å². The van der Waals surface area contributed by atoms with Crippen molar-refractivity contribution in [2.24, 2.45) is 0 Å². The molecule has 0 spiro atoms. The van der Waals surface area contributed by atoms with Crippen LogP contribution in [0, 0.1) is 11.6 Å². The molecule has 100 valence electrons. The van der Waals surface area contributed by atoms with E-state index in [-0.39, 0.29) is 5.69 Å². The van der Waals surface area contributed by atoms with Crippen LogP contribution in [0.5, 0.6) is 0 Å². The third kappa shape index (κ3) is 2.45. The second kappa shape index (κ2) is 5.25. The number of hydrogen-bond acceptors (Lipinski definition) is 2. The van der Waals surface area contributed by atoms with Gasteiger partial charge in [-0.15, -0.1) is 0 Å². The van der Waals surface area contributed by atoms with Crippen LogP contribution in [0.1, 0.15) is 5.56 Å². The third-order valence-corrected chi connectivity index (χ3v) is 3.14. The van der Waals surface area contributed by atoms with E-state index in [1.807, 2.05) is 24.3 Å². The Morgan fingerprint density at radius 2 is 1.90 bits per heavy atom. The predicted octanol–water partition coefficient (Wildman–Crippen LogP) is 4.13. The predicted molar refractivity (Wildman–Crippen MR) is 75.4 cm³/mol. The van der Waals surface area contributed by atoms with Gasteiger partial charge in [-0.25, -0.2) is 8.78 Å². The van der Waals surface area contributed by atoms with Crippen LogP contribution in [-0.2, 0) is 6.54 Å². The summed E-state index contributed by atoms with van der Waals surface area (Å²) < 4.78 is 26.6. The average molecular weight is 270 g/mol. The van der Waals surface area contributed by atoms with Crippen molar-refractivity contribution >= 4 is 16.5 Å². The minimum absolute atomic E-state index is 0.167. The van der Waals surface area contributed by atoms with Crippen LogP contribution in [0.4, 0.5) is 14.5 Å². The Labute approximate surface area is 115 Å². The normalized spacial score (nSPS) is 10.7. The van der Waals surface area contributed by atoms with Gasteiger partial charge in [0.1, 0.15) is 0 Å². The van der Waals surface area contributed by atoms with Gasteiger partial charge in [0, 0.05) is 24.3 Å². The van der Waals surface area contributed by atoms with Crippen LogP contribution in [0.25, 0.3) is 10.8 Å². The second-order valence-corrected chi connectivity index (χ2v) is 4.51. The topological polar surface area (TPSA) is 24.9 Å². The zero-order chi connectivity index (χ0) is 13.9. The fourth-order valence-electron chi connectivity index (χ4n) is 2.08. The van der Waals surface area contributed by atoms with Gasteiger partial charge in [0.05, 0.1) is 5.69 Å². The van der Waals surface area contributed by atoms with Gasteiger partial charge in [-0.1, -0.05) is 18.2 Å². The molecule has 1 N–H and O–H groups in total. The van der Waals surface area contributed by atoms with Crippen LogP contribution in [0.2, 0.25) is 0 Å². The van der Waals surface area contributed by atoms with E-state index in [4.69, 9.17) is 0 Å². The number of hydrogen-bond donors (Lipinski definition) is 1. The van der Waals surface area contributed by atoms with Crippen molar-refractivity contribution in [3.8, 4) is 0 Å². The van der Waals surface area contributed by atoms with Crippen molar-refractivity contribution in [1.82, 2.24) is 4.98 Å². The van der Waals surface area contributed by atoms with Gasteiger partial charge in [-0.3, -0.25) is 4.98 Å². The fourth-order valence-corrected chi connectivity index (χ4v) is 2.08. The number of halogens is 2. The summed E-state index contributed by atoms with van der Waals surface area (Å²) in [5.41, 5.74) is 1.16. The monoisotopic (exact) mass is 270 g/mol. The summed E-state index contributed by atoms with van der Waals surface area (Å²) in [6.07, 6.45) is 3.52. The summed E-state index contributed by atoms with van der Waals surface area (Å²) >= 11 is 0. The summed E-state index contributed by atoms with van der Waals surface area (Å²) in [6.45, 7) is 0.429. The molecule has 0 saturated carbocycles. The smallest absolute Gasteiger partial charge is 0.181 e. The zero-order valence-corrected chi connectivity index (χ0v) is 10.6. The average Bonchev–Trinajstić information content (AvgIpc) is 2.48. The van der Waals surface area contributed by atoms with Crippen molar-refractivity contribution in [3.63, 3.8) is 0 Å². The Morgan fingerprint density at radius 1 is 1.00 bits per heavy atom. The van der Waals surface area contributed by atoms with Crippen LogP contribution in [-0.4, -0.2) is 4.98 Å². The lowest BCUT2D eigenvalue weighted by molar-refractivity contribution is 0.511. The maximum Gasteiger partial charge on any atom is 0.181 e. The number of pyridine rings is 1. The van der Waals surface area contributed by atoms with Crippen LogP contribution in [0.3, 0.4) is 0 Å². The molecular weight excluding hydrogens is 258 g/mol. The molecule has 20 heavy (non-hydrogen) atoms. The van der Waals surface area contributed by atoms with E-state index in [0.717, 1.165) is 22.4 Å². The van der Waals surface area contributed by atoms with Gasteiger partial charge in [0.2, 0.25) is 0 Å². The highest BCUT2D eigenvalue weighted by Crippen LogP contribution is 2.19. The van der Waals surface area contributed by atoms with E-state index in [0.29, 0.717) is 6.54 Å². The largest absolute Gasteiger partial charge is 0.379 e. The van der Waals surface area contributed by atoms with Crippen molar-refractivity contribution in [3.05, 3.63) is 72.1 Å². The first-order valence-corrected chi connectivity index (χ1v) is 6.24. The van der Waals surface area contributed by atoms with E-state index in [2.05, 4.69) is 10.3 Å². The lowest BCUT2D eigenvalue weighted by atomic mass is 10.1. The first kappa shape index (κ1) is 12.5. The molecule has 0 unspecified atom stereocenters. The zero-order valence-electron chi connectivity index (χ0n) is 10.6. The van der Waals surface area contributed by atoms with Crippen molar-refractivity contribution in [1.29, 1.82) is 0 Å². The summed E-state index contributed by atoms with van der Waals surface area (Å²) in [4.78, 5) is 4.05. The van der Waals surface area contributed by atoms with Gasteiger partial charge < -0.3 is 5.32 Å². The van der Waals surface area contributed by atoms with Gasteiger partial charge >= 0.3 is 0 Å². The van der Waals surface area contributed by atoms with E-state index in [1.54, 1.807) is 12.4 Å². The molecule has 0 radical (unpaired) electrons. The number of fused-ring (bicyclic) bond motifs is 1. The standard InChI is InChI=1S/C16H12F2N2/c17-14-2-1-3-15(16(14)18)20-9-11-4-5-13-10-19-7-6-12(13)8-11/h1-8,10,20H,9H2. The number of nitrogens with zero attached hydrogens (tertiary/aromatic N) is 1. The van der Waals surface area contributed by atoms with E-state index >= 15 is 0 Å². The summed E-state index contributed by atoms with van der Waals surface area (Å²) in [7, 11) is 0. The molecule has 0 atom stereocenters. The van der Waals surface area contributed by atoms with Crippen LogP contribution < -0.4 is 5.32 Å². The molecule has 4 heteroatoms. The molecule has 0 aliphatic rings. The van der Waals surface area contributed by atoms with E-state index < -0.39 is 11.6 Å². The maximum absolute atomic E-state index is 13.5. The van der Waals surface area contributed by atoms with Gasteiger partial charge in [-0.2, -0.15) is 0 Å². The minimum Gasteiger partial charge on any atom is -0.379 e. The SMILES string of the molecule is Fc1cccc(NCc2ccc3cnccc3c2)c1F. The summed E-state index contributed by atoms with van der Waals surface area (Å²) in [6, 6.07) is 11.9. The molecule has 0 fully saturated rings. The molecule has 0 bridgehead atoms. The van der Waals surface area contributed by atoms with E-state index in [1.165, 1.54) is 12.1 Å². The van der Waals surface area contributed by atoms with Crippen LogP contribution >= 0.6 is 0 Å². The fraction of sp³-hybridized carbons (Fsp3) is 0.0625. The highest BCUT2D eigenvalue weighted by molar-refractivity contribution is 5.82. The molecule has 0 saturated heterocycles. The van der Waals surface area contributed by atoms with Gasteiger partial charge in [-0.05, 0) is 35.2 Å². The molecule has 2 aromatic carbocycles. The Morgan fingerprint density at radius 3 is 2.80 bits per heavy atom. The lowest BCUT2D eigenvalue weighted by Gasteiger charge is -2.08. The minimum atomic E-state index is -0.850. The van der Waals surface area contributed by atoms with Crippen molar-refractivity contribution < 1.29 is 8.78 Å². The molecular formula is C16H12F2N2. The van der Waals surface area contributed by atoms with Crippen molar-refractivity contribution in [2.45, 2.75) is 6.54 Å². The first-order valence-electron chi connectivity index (χ1n) is 6.24. The van der Waals surface area contributed by atoms with Crippen LogP contribution in [0.15, 0.2) is 54.9 Å². The molecule has 2 nitrogen and oxygen atoms in total. The second-order valence-electron chi connectivity index (χ2n) is 4.51. The molecule has 1 aromatic heterocycles. The Hall–Kier alpha value is -2.49. The third-order valence-electron chi connectivity index (χ3n) is 3.14. The maximum atomic E-state index is 13.5. The molecule has 3 aromatic rings.